The van der Waals surface area contributed by atoms with Crippen LogP contribution in [0.15, 0.2) is 43.5 Å². The standard InChI is InChI=1S/C20H22N6/c1(2-15-9-21-12-22-10-15)14-3-5-16(6-4-14)26-13-25-18-11-24-20-17(19(18)26)7-8-23-20/h7-14,16H,1-6H2,(H,23,24). The van der Waals surface area contributed by atoms with Crippen molar-refractivity contribution in [1.82, 2.24) is 29.5 Å². The van der Waals surface area contributed by atoms with E-state index in [9.17, 15) is 0 Å². The Bertz CT molecular complexity index is 1010. The first-order chi connectivity index (χ1) is 12.9. The number of H-pyrrole nitrogens is 1. The smallest absolute Gasteiger partial charge is 0.139 e. The minimum absolute atomic E-state index is 0.539. The molecule has 6 nitrogen and oxygen atoms in total. The summed E-state index contributed by atoms with van der Waals surface area (Å²) in [6.07, 6.45) is 18.6. The molecular weight excluding hydrogens is 324 g/mol. The van der Waals surface area contributed by atoms with Crippen LogP contribution in [0.5, 0.6) is 0 Å². The van der Waals surface area contributed by atoms with Crippen LogP contribution < -0.4 is 0 Å². The molecule has 1 aliphatic rings. The highest BCUT2D eigenvalue weighted by molar-refractivity contribution is 6.00. The van der Waals surface area contributed by atoms with Gasteiger partial charge in [-0.3, -0.25) is 0 Å². The minimum atomic E-state index is 0.539. The summed E-state index contributed by atoms with van der Waals surface area (Å²) in [6, 6.07) is 2.65. The highest BCUT2D eigenvalue weighted by Crippen LogP contribution is 2.37. The Kier molecular flexibility index (Phi) is 3.88. The molecule has 1 saturated carbocycles. The molecule has 6 heteroatoms. The molecule has 132 valence electrons. The molecule has 0 aliphatic heterocycles. The van der Waals surface area contributed by atoms with Crippen molar-refractivity contribution in [3.63, 3.8) is 0 Å². The second-order valence-corrected chi connectivity index (χ2v) is 7.34. The third-order valence-corrected chi connectivity index (χ3v) is 5.78. The van der Waals surface area contributed by atoms with E-state index < -0.39 is 0 Å². The van der Waals surface area contributed by atoms with E-state index in [0.717, 1.165) is 23.5 Å². The summed E-state index contributed by atoms with van der Waals surface area (Å²) in [5, 5.41) is 1.17. The molecule has 4 aromatic rings. The number of imidazole rings is 1. The molecule has 0 amide bonds. The van der Waals surface area contributed by atoms with Crippen molar-refractivity contribution < 1.29 is 0 Å². The van der Waals surface area contributed by atoms with Crippen LogP contribution in [-0.2, 0) is 6.42 Å². The summed E-state index contributed by atoms with van der Waals surface area (Å²) >= 11 is 0. The van der Waals surface area contributed by atoms with Gasteiger partial charge in [-0.1, -0.05) is 0 Å². The van der Waals surface area contributed by atoms with Gasteiger partial charge in [0.2, 0.25) is 0 Å². The Morgan fingerprint density at radius 1 is 1.04 bits per heavy atom. The van der Waals surface area contributed by atoms with E-state index in [2.05, 4.69) is 35.6 Å². The second-order valence-electron chi connectivity index (χ2n) is 7.34. The van der Waals surface area contributed by atoms with Gasteiger partial charge in [-0.15, -0.1) is 0 Å². The van der Waals surface area contributed by atoms with Crippen LogP contribution in [-0.4, -0.2) is 29.5 Å². The fourth-order valence-corrected chi connectivity index (χ4v) is 4.35. The van der Waals surface area contributed by atoms with E-state index in [-0.39, 0.29) is 0 Å². The number of aromatic nitrogens is 6. The van der Waals surface area contributed by atoms with Gasteiger partial charge in [-0.2, -0.15) is 0 Å². The van der Waals surface area contributed by atoms with Gasteiger partial charge in [0, 0.05) is 30.0 Å². The van der Waals surface area contributed by atoms with Gasteiger partial charge in [0.05, 0.1) is 18.0 Å². The summed E-state index contributed by atoms with van der Waals surface area (Å²) in [5.41, 5.74) is 4.40. The quantitative estimate of drug-likeness (QED) is 0.605. The number of aromatic amines is 1. The number of fused-ring (bicyclic) bond motifs is 3. The van der Waals surface area contributed by atoms with Crippen molar-refractivity contribution in [3.8, 4) is 0 Å². The second kappa shape index (κ2) is 6.52. The molecule has 0 saturated heterocycles. The minimum Gasteiger partial charge on any atom is -0.346 e. The molecule has 0 bridgehead atoms. The number of aryl methyl sites for hydroxylation is 1. The van der Waals surface area contributed by atoms with E-state index >= 15 is 0 Å². The lowest BCUT2D eigenvalue weighted by Gasteiger charge is -2.29. The highest BCUT2D eigenvalue weighted by atomic mass is 15.1. The molecule has 0 spiro atoms. The van der Waals surface area contributed by atoms with Crippen LogP contribution in [0.4, 0.5) is 0 Å². The predicted octanol–water partition coefficient (Wildman–Crippen LogP) is 4.07. The lowest BCUT2D eigenvalue weighted by Crippen LogP contribution is -2.18. The van der Waals surface area contributed by atoms with Crippen LogP contribution in [0.1, 0.15) is 43.7 Å². The average Bonchev–Trinajstić information content (AvgIpc) is 3.34. The third-order valence-electron chi connectivity index (χ3n) is 5.78. The number of pyridine rings is 1. The Morgan fingerprint density at radius 2 is 1.88 bits per heavy atom. The average molecular weight is 346 g/mol. The number of hydrogen-bond acceptors (Lipinski definition) is 4. The van der Waals surface area contributed by atoms with E-state index in [1.54, 1.807) is 6.33 Å². The van der Waals surface area contributed by atoms with Crippen molar-refractivity contribution in [2.24, 2.45) is 5.92 Å². The van der Waals surface area contributed by atoms with Gasteiger partial charge < -0.3 is 9.55 Å². The SMILES string of the molecule is c1ncc(CCC2CCC(n3cnc4cnc5[nH]ccc5c43)CC2)cn1. The molecule has 26 heavy (non-hydrogen) atoms. The van der Waals surface area contributed by atoms with Gasteiger partial charge in [-0.25, -0.2) is 19.9 Å². The number of hydrogen-bond donors (Lipinski definition) is 1. The van der Waals surface area contributed by atoms with Gasteiger partial charge in [0.25, 0.3) is 0 Å². The van der Waals surface area contributed by atoms with Crippen molar-refractivity contribution in [1.29, 1.82) is 0 Å². The maximum atomic E-state index is 4.59. The van der Waals surface area contributed by atoms with E-state index in [4.69, 9.17) is 0 Å². The molecule has 4 heterocycles. The zero-order valence-corrected chi connectivity index (χ0v) is 14.7. The molecule has 1 aliphatic carbocycles. The molecule has 0 radical (unpaired) electrons. The highest BCUT2D eigenvalue weighted by Gasteiger charge is 2.24. The topological polar surface area (TPSA) is 72.3 Å². The largest absolute Gasteiger partial charge is 0.346 e. The summed E-state index contributed by atoms with van der Waals surface area (Å²) in [4.78, 5) is 20.5. The first kappa shape index (κ1) is 15.5. The Balaban J connectivity index is 1.30. The van der Waals surface area contributed by atoms with E-state index in [0.29, 0.717) is 6.04 Å². The lowest BCUT2D eigenvalue weighted by atomic mass is 9.82. The maximum absolute atomic E-state index is 4.59. The fourth-order valence-electron chi connectivity index (χ4n) is 4.35. The van der Waals surface area contributed by atoms with E-state index in [1.807, 2.05) is 31.1 Å². The van der Waals surface area contributed by atoms with Crippen LogP contribution >= 0.6 is 0 Å². The lowest BCUT2D eigenvalue weighted by molar-refractivity contribution is 0.267. The maximum Gasteiger partial charge on any atom is 0.139 e. The molecule has 1 fully saturated rings. The fraction of sp³-hybridized carbons (Fsp3) is 0.400. The molecule has 5 rings (SSSR count). The van der Waals surface area contributed by atoms with E-state index in [1.165, 1.54) is 48.6 Å². The Labute approximate surface area is 151 Å². The zero-order chi connectivity index (χ0) is 17.3. The molecule has 0 atom stereocenters. The first-order valence-corrected chi connectivity index (χ1v) is 9.41. The van der Waals surface area contributed by atoms with Gasteiger partial charge in [-0.05, 0) is 56.1 Å². The van der Waals surface area contributed by atoms with Crippen LogP contribution in [0.3, 0.4) is 0 Å². The molecule has 0 aromatic carbocycles. The monoisotopic (exact) mass is 346 g/mol. The van der Waals surface area contributed by atoms with Crippen molar-refractivity contribution >= 4 is 22.1 Å². The molecule has 1 N–H and O–H groups in total. The van der Waals surface area contributed by atoms with Gasteiger partial charge >= 0.3 is 0 Å². The zero-order valence-electron chi connectivity index (χ0n) is 14.7. The van der Waals surface area contributed by atoms with Crippen molar-refractivity contribution in [2.45, 2.75) is 44.6 Å². The Morgan fingerprint density at radius 3 is 2.73 bits per heavy atom. The molecule has 0 unspecified atom stereocenters. The normalized spacial score (nSPS) is 20.8. The molecule has 4 aromatic heterocycles. The molecular formula is C20H22N6. The summed E-state index contributed by atoms with van der Waals surface area (Å²) in [6.45, 7) is 0. The summed E-state index contributed by atoms with van der Waals surface area (Å²) in [7, 11) is 0. The number of rotatable bonds is 4. The predicted molar refractivity (Wildman–Crippen MR) is 101 cm³/mol. The van der Waals surface area contributed by atoms with Crippen molar-refractivity contribution in [3.05, 3.63) is 49.1 Å². The first-order valence-electron chi connectivity index (χ1n) is 9.41. The van der Waals surface area contributed by atoms with Gasteiger partial charge in [0.15, 0.2) is 0 Å². The third kappa shape index (κ3) is 2.75. The Hall–Kier alpha value is -2.76. The van der Waals surface area contributed by atoms with Crippen LogP contribution in [0.25, 0.3) is 22.1 Å². The van der Waals surface area contributed by atoms with Gasteiger partial charge in [0.1, 0.15) is 17.5 Å². The van der Waals surface area contributed by atoms with Crippen molar-refractivity contribution in [2.75, 3.05) is 0 Å². The summed E-state index contributed by atoms with van der Waals surface area (Å²) < 4.78 is 2.38. The number of nitrogens with zero attached hydrogens (tertiary/aromatic N) is 5. The number of nitrogens with one attached hydrogen (secondary N) is 1. The summed E-state index contributed by atoms with van der Waals surface area (Å²) in [5.74, 6) is 0.801. The van der Waals surface area contributed by atoms with Crippen LogP contribution in [0, 0.1) is 5.92 Å². The van der Waals surface area contributed by atoms with Crippen LogP contribution in [0.2, 0.25) is 0 Å².